The van der Waals surface area contributed by atoms with E-state index >= 15 is 0 Å². The van der Waals surface area contributed by atoms with Crippen LogP contribution in [0.3, 0.4) is 0 Å². The highest BCUT2D eigenvalue weighted by Crippen LogP contribution is 2.30. The number of pyridine rings is 1. The Morgan fingerprint density at radius 2 is 1.95 bits per heavy atom. The molecule has 1 heterocycles. The summed E-state index contributed by atoms with van der Waals surface area (Å²) in [6, 6.07) is 7.33. The van der Waals surface area contributed by atoms with Crippen LogP contribution < -0.4 is 11.3 Å². The monoisotopic (exact) mass is 266 g/mol. The van der Waals surface area contributed by atoms with Crippen molar-refractivity contribution in [1.82, 2.24) is 4.98 Å². The summed E-state index contributed by atoms with van der Waals surface area (Å²) in [6.07, 6.45) is 7.33. The Labute approximate surface area is 115 Å². The van der Waals surface area contributed by atoms with Gasteiger partial charge in [0.1, 0.15) is 5.76 Å². The van der Waals surface area contributed by atoms with E-state index in [0.29, 0.717) is 23.2 Å². The molecule has 1 aliphatic rings. The van der Waals surface area contributed by atoms with Crippen LogP contribution >= 0.6 is 0 Å². The number of anilines is 1. The first-order chi connectivity index (χ1) is 9.66. The molecule has 100 valence electrons. The summed E-state index contributed by atoms with van der Waals surface area (Å²) in [5, 5.41) is 10.2. The zero-order chi connectivity index (χ0) is 14.1. The van der Waals surface area contributed by atoms with Gasteiger partial charge in [0, 0.05) is 28.6 Å². The molecule has 0 amide bonds. The molecule has 0 bridgehead atoms. The highest BCUT2D eigenvalue weighted by atomic mass is 16.3. The molecule has 0 fully saturated rings. The molecule has 2 aromatic rings. The van der Waals surface area contributed by atoms with Crippen LogP contribution in [0.2, 0.25) is 0 Å². The highest BCUT2D eigenvalue weighted by Gasteiger charge is 2.17. The Morgan fingerprint density at radius 3 is 2.70 bits per heavy atom. The molecule has 0 aliphatic heterocycles. The predicted molar refractivity (Wildman–Crippen MR) is 80.4 cm³/mol. The number of aliphatic hydroxyl groups is 1. The van der Waals surface area contributed by atoms with Crippen LogP contribution in [0.4, 0.5) is 5.69 Å². The zero-order valence-electron chi connectivity index (χ0n) is 10.8. The quantitative estimate of drug-likeness (QED) is 0.694. The van der Waals surface area contributed by atoms with E-state index < -0.39 is 0 Å². The van der Waals surface area contributed by atoms with Gasteiger partial charge in [-0.2, -0.15) is 0 Å². The van der Waals surface area contributed by atoms with Crippen molar-refractivity contribution < 1.29 is 5.11 Å². The van der Waals surface area contributed by atoms with Crippen molar-refractivity contribution in [2.24, 2.45) is 0 Å². The van der Waals surface area contributed by atoms with Crippen LogP contribution in [0.1, 0.15) is 11.1 Å². The number of hydrogen-bond acceptors (Lipinski definition) is 3. The second-order valence-electron chi connectivity index (χ2n) is 4.69. The van der Waals surface area contributed by atoms with Crippen molar-refractivity contribution in [2.75, 3.05) is 5.73 Å². The third-order valence-electron chi connectivity index (χ3n) is 3.38. The SMILES string of the molecule is Nc1ccc(-c2c[nH]c(=O)c3c2C(O)=CC=CC3)cc1. The molecule has 4 N–H and O–H groups in total. The number of aromatic amines is 1. The number of rotatable bonds is 1. The Kier molecular flexibility index (Phi) is 2.91. The molecule has 0 saturated heterocycles. The Hall–Kier alpha value is -2.75. The summed E-state index contributed by atoms with van der Waals surface area (Å²) in [6.45, 7) is 0. The van der Waals surface area contributed by atoms with Crippen molar-refractivity contribution in [1.29, 1.82) is 0 Å². The number of benzene rings is 1. The van der Waals surface area contributed by atoms with Gasteiger partial charge in [-0.1, -0.05) is 24.3 Å². The fraction of sp³-hybridized carbons (Fsp3) is 0.0625. The minimum absolute atomic E-state index is 0.103. The second kappa shape index (κ2) is 4.74. The van der Waals surface area contributed by atoms with Crippen molar-refractivity contribution in [3.63, 3.8) is 0 Å². The fourth-order valence-corrected chi connectivity index (χ4v) is 2.38. The lowest BCUT2D eigenvalue weighted by atomic mass is 9.95. The number of H-pyrrole nitrogens is 1. The van der Waals surface area contributed by atoms with E-state index in [1.807, 2.05) is 18.2 Å². The molecule has 20 heavy (non-hydrogen) atoms. The van der Waals surface area contributed by atoms with Crippen molar-refractivity contribution in [3.8, 4) is 11.1 Å². The number of nitrogens with one attached hydrogen (secondary N) is 1. The van der Waals surface area contributed by atoms with Crippen LogP contribution in [-0.4, -0.2) is 10.1 Å². The lowest BCUT2D eigenvalue weighted by molar-refractivity contribution is 0.511. The van der Waals surface area contributed by atoms with Crippen LogP contribution in [0.15, 0.2) is 53.5 Å². The molecule has 0 spiro atoms. The van der Waals surface area contributed by atoms with Crippen molar-refractivity contribution >= 4 is 11.4 Å². The summed E-state index contributed by atoms with van der Waals surface area (Å²) >= 11 is 0. The molecule has 3 rings (SSSR count). The van der Waals surface area contributed by atoms with Crippen LogP contribution in [0.25, 0.3) is 16.9 Å². The van der Waals surface area contributed by atoms with Crippen molar-refractivity contribution in [2.45, 2.75) is 6.42 Å². The summed E-state index contributed by atoms with van der Waals surface area (Å²) in [5.41, 5.74) is 9.03. The molecule has 4 heteroatoms. The van der Waals surface area contributed by atoms with Crippen LogP contribution in [0.5, 0.6) is 0 Å². The molecule has 0 atom stereocenters. The Morgan fingerprint density at radius 1 is 1.20 bits per heavy atom. The minimum atomic E-state index is -0.175. The van der Waals surface area contributed by atoms with Crippen molar-refractivity contribution in [3.05, 3.63) is 70.2 Å². The first kappa shape index (κ1) is 12.3. The molecular weight excluding hydrogens is 252 g/mol. The van der Waals surface area contributed by atoms with E-state index in [2.05, 4.69) is 4.98 Å². The average Bonchev–Trinajstić information content (AvgIpc) is 2.64. The van der Waals surface area contributed by atoms with Gasteiger partial charge in [0.25, 0.3) is 5.56 Å². The van der Waals surface area contributed by atoms with E-state index in [1.165, 1.54) is 0 Å². The maximum Gasteiger partial charge on any atom is 0.252 e. The van der Waals surface area contributed by atoms with Gasteiger partial charge >= 0.3 is 0 Å². The summed E-state index contributed by atoms with van der Waals surface area (Å²) in [4.78, 5) is 14.7. The van der Waals surface area contributed by atoms with Gasteiger partial charge in [-0.15, -0.1) is 0 Å². The maximum absolute atomic E-state index is 12.0. The largest absolute Gasteiger partial charge is 0.507 e. The standard InChI is InChI=1S/C16H14N2O2/c17-11-7-5-10(6-8-11)13-9-18-16(20)12-3-1-2-4-14(19)15(12)13/h1-2,4-9,19H,3,17H2,(H,18,20). The lowest BCUT2D eigenvalue weighted by Crippen LogP contribution is -2.15. The minimum Gasteiger partial charge on any atom is -0.507 e. The van der Waals surface area contributed by atoms with Gasteiger partial charge in [-0.05, 0) is 30.2 Å². The van der Waals surface area contributed by atoms with E-state index in [4.69, 9.17) is 5.73 Å². The van der Waals surface area contributed by atoms with Gasteiger partial charge in [0.15, 0.2) is 0 Å². The summed E-state index contributed by atoms with van der Waals surface area (Å²) in [7, 11) is 0. The zero-order valence-corrected chi connectivity index (χ0v) is 10.8. The normalized spacial score (nSPS) is 13.5. The topological polar surface area (TPSA) is 79.1 Å². The molecule has 0 radical (unpaired) electrons. The highest BCUT2D eigenvalue weighted by molar-refractivity contribution is 5.81. The first-order valence-corrected chi connectivity index (χ1v) is 6.33. The fourth-order valence-electron chi connectivity index (χ4n) is 2.38. The van der Waals surface area contributed by atoms with E-state index in [1.54, 1.807) is 30.5 Å². The van der Waals surface area contributed by atoms with E-state index in [0.717, 1.165) is 11.1 Å². The summed E-state index contributed by atoms with van der Waals surface area (Å²) in [5.74, 6) is 0.103. The smallest absolute Gasteiger partial charge is 0.252 e. The van der Waals surface area contributed by atoms with Gasteiger partial charge < -0.3 is 15.8 Å². The predicted octanol–water partition coefficient (Wildman–Crippen LogP) is 2.64. The molecule has 0 unspecified atom stereocenters. The number of aromatic nitrogens is 1. The van der Waals surface area contributed by atoms with Crippen LogP contribution in [-0.2, 0) is 6.42 Å². The third kappa shape index (κ3) is 2.01. The molecular formula is C16H14N2O2. The van der Waals surface area contributed by atoms with E-state index in [-0.39, 0.29) is 11.3 Å². The number of aliphatic hydroxyl groups excluding tert-OH is 1. The third-order valence-corrected chi connectivity index (χ3v) is 3.38. The molecule has 1 aromatic heterocycles. The molecule has 1 aromatic carbocycles. The number of nitrogens with two attached hydrogens (primary N) is 1. The number of hydrogen-bond donors (Lipinski definition) is 3. The molecule has 0 saturated carbocycles. The van der Waals surface area contributed by atoms with Gasteiger partial charge in [0.05, 0.1) is 0 Å². The van der Waals surface area contributed by atoms with Gasteiger partial charge in [-0.3, -0.25) is 4.79 Å². The van der Waals surface area contributed by atoms with Crippen LogP contribution in [0, 0.1) is 0 Å². The lowest BCUT2D eigenvalue weighted by Gasteiger charge is -2.12. The first-order valence-electron chi connectivity index (χ1n) is 6.33. The summed E-state index contributed by atoms with van der Waals surface area (Å²) < 4.78 is 0. The van der Waals surface area contributed by atoms with E-state index in [9.17, 15) is 9.90 Å². The second-order valence-corrected chi connectivity index (χ2v) is 4.69. The van der Waals surface area contributed by atoms with Gasteiger partial charge in [0.2, 0.25) is 0 Å². The average molecular weight is 266 g/mol. The molecule has 1 aliphatic carbocycles. The molecule has 4 nitrogen and oxygen atoms in total. The maximum atomic E-state index is 12.0. The number of allylic oxidation sites excluding steroid dienone is 3. The Balaban J connectivity index is 2.28. The number of nitrogen functional groups attached to an aromatic ring is 1. The van der Waals surface area contributed by atoms with Gasteiger partial charge in [-0.25, -0.2) is 0 Å². The number of fused-ring (bicyclic) bond motifs is 1. The Bertz CT molecular complexity index is 768.